The van der Waals surface area contributed by atoms with Gasteiger partial charge in [0.05, 0.1) is 0 Å². The van der Waals surface area contributed by atoms with Crippen LogP contribution in [-0.2, 0) is 6.42 Å². The van der Waals surface area contributed by atoms with Gasteiger partial charge in [0, 0.05) is 30.1 Å². The van der Waals surface area contributed by atoms with Gasteiger partial charge in [-0.25, -0.2) is 0 Å². The second kappa shape index (κ2) is 7.81. The van der Waals surface area contributed by atoms with Crippen LogP contribution in [-0.4, -0.2) is 18.1 Å². The van der Waals surface area contributed by atoms with Gasteiger partial charge in [0.15, 0.2) is 5.76 Å². The Bertz CT molecular complexity index is 1750. The average Bonchev–Trinajstić information content (AvgIpc) is 3.45. The molecule has 8 rings (SSSR count). The molecule has 3 nitrogen and oxygen atoms in total. The zero-order valence-electron chi connectivity index (χ0n) is 20.7. The monoisotopic (exact) mass is 478 g/mol. The van der Waals surface area contributed by atoms with E-state index in [4.69, 9.17) is 9.40 Å². The number of aromatic nitrogens is 1. The molecule has 0 saturated heterocycles. The van der Waals surface area contributed by atoms with Crippen molar-refractivity contribution in [2.24, 2.45) is 0 Å². The van der Waals surface area contributed by atoms with Crippen LogP contribution in [0.25, 0.3) is 44.1 Å². The number of anilines is 1. The molecule has 1 heterocycles. The van der Waals surface area contributed by atoms with Crippen molar-refractivity contribution in [1.29, 1.82) is 0 Å². The number of likely N-dealkylation sites (N-methyl/N-ethyl adjacent to an activating group) is 1. The largest absolute Gasteiger partial charge is 0.423 e. The van der Waals surface area contributed by atoms with Crippen LogP contribution in [0.1, 0.15) is 29.0 Å². The molecule has 0 fully saturated rings. The number of fused-ring (bicyclic) bond motifs is 3. The number of hydrogen-bond donors (Lipinski definition) is 0. The molecule has 0 radical (unpaired) electrons. The Labute approximate surface area is 216 Å². The van der Waals surface area contributed by atoms with Crippen molar-refractivity contribution in [3.8, 4) is 22.6 Å². The number of oxazole rings is 1. The third-order valence-electron chi connectivity index (χ3n) is 8.44. The van der Waals surface area contributed by atoms with Crippen molar-refractivity contribution in [3.63, 3.8) is 0 Å². The molecule has 0 saturated carbocycles. The van der Waals surface area contributed by atoms with Gasteiger partial charge in [0.25, 0.3) is 6.01 Å². The number of hydrogen-bond acceptors (Lipinski definition) is 3. The highest BCUT2D eigenvalue weighted by atomic mass is 16.4. The maximum atomic E-state index is 6.60. The summed E-state index contributed by atoms with van der Waals surface area (Å²) in [6, 6.07) is 37.6. The second-order valence-corrected chi connectivity index (χ2v) is 10.3. The summed E-state index contributed by atoms with van der Waals surface area (Å²) in [7, 11) is 2.16. The SMILES string of the molecule is CN(c1nc(-c2ccccc2)c(-c2ccccc2)o1)C1CCc2c3ccc4c2c(cc2ccccc24)C31. The molecule has 0 amide bonds. The summed E-state index contributed by atoms with van der Waals surface area (Å²) in [6.45, 7) is 0. The van der Waals surface area contributed by atoms with Crippen molar-refractivity contribution in [1.82, 2.24) is 4.98 Å². The summed E-state index contributed by atoms with van der Waals surface area (Å²) in [5, 5.41) is 5.56. The first-order chi connectivity index (χ1) is 18.3. The summed E-state index contributed by atoms with van der Waals surface area (Å²) in [4.78, 5) is 7.40. The fourth-order valence-corrected chi connectivity index (χ4v) is 6.77. The quantitative estimate of drug-likeness (QED) is 0.239. The molecule has 5 aromatic carbocycles. The Morgan fingerprint density at radius 2 is 1.49 bits per heavy atom. The molecule has 3 heteroatoms. The zero-order chi connectivity index (χ0) is 24.5. The van der Waals surface area contributed by atoms with Gasteiger partial charge in [-0.3, -0.25) is 0 Å². The lowest BCUT2D eigenvalue weighted by atomic mass is 9.81. The van der Waals surface area contributed by atoms with E-state index in [-0.39, 0.29) is 6.04 Å². The minimum atomic E-state index is 0.280. The van der Waals surface area contributed by atoms with Gasteiger partial charge in [0.2, 0.25) is 0 Å². The van der Waals surface area contributed by atoms with E-state index in [0.29, 0.717) is 11.9 Å². The summed E-state index contributed by atoms with van der Waals surface area (Å²) in [6.07, 6.45) is 2.17. The lowest BCUT2D eigenvalue weighted by Crippen LogP contribution is -2.39. The lowest BCUT2D eigenvalue weighted by Gasteiger charge is -2.35. The standard InChI is InChI=1S/C34H26N2O/c1-36(34-35-32(21-10-4-2-5-11-21)33(37-34)22-12-6-3-7-13-22)29-19-18-26-27-17-16-25-24-15-9-8-14-23(24)20-28(30(25)26)31(27)29/h2-17,20,29,31H,18-19H2,1H3. The fraction of sp³-hybridized carbons (Fsp3) is 0.147. The van der Waals surface area contributed by atoms with Gasteiger partial charge in [-0.05, 0) is 57.1 Å². The topological polar surface area (TPSA) is 29.3 Å². The van der Waals surface area contributed by atoms with Crippen LogP contribution in [0.3, 0.4) is 0 Å². The highest BCUT2D eigenvalue weighted by molar-refractivity contribution is 6.12. The Morgan fingerprint density at radius 1 is 0.757 bits per heavy atom. The van der Waals surface area contributed by atoms with Gasteiger partial charge in [-0.15, -0.1) is 0 Å². The van der Waals surface area contributed by atoms with E-state index >= 15 is 0 Å². The van der Waals surface area contributed by atoms with Gasteiger partial charge in [-0.2, -0.15) is 4.98 Å². The summed E-state index contributed by atoms with van der Waals surface area (Å²) in [5.41, 5.74) is 7.51. The number of aryl methyl sites for hydroxylation is 1. The molecule has 2 unspecified atom stereocenters. The second-order valence-electron chi connectivity index (χ2n) is 10.3. The van der Waals surface area contributed by atoms with Gasteiger partial charge in [-0.1, -0.05) is 97.1 Å². The maximum absolute atomic E-state index is 6.60. The van der Waals surface area contributed by atoms with Crippen LogP contribution in [0.4, 0.5) is 6.01 Å². The first-order valence-corrected chi connectivity index (χ1v) is 13.1. The lowest BCUT2D eigenvalue weighted by molar-refractivity contribution is 0.463. The van der Waals surface area contributed by atoms with Gasteiger partial charge < -0.3 is 9.32 Å². The van der Waals surface area contributed by atoms with Crippen LogP contribution in [0.15, 0.2) is 108 Å². The smallest absolute Gasteiger partial charge is 0.298 e. The molecule has 0 aliphatic heterocycles. The average molecular weight is 479 g/mol. The molecule has 37 heavy (non-hydrogen) atoms. The molecule has 2 atom stereocenters. The minimum absolute atomic E-state index is 0.280. The van der Waals surface area contributed by atoms with E-state index in [0.717, 1.165) is 35.4 Å². The molecule has 0 N–H and O–H groups in total. The minimum Gasteiger partial charge on any atom is -0.423 e. The normalized spacial score (nSPS) is 17.6. The first kappa shape index (κ1) is 20.8. The fourth-order valence-electron chi connectivity index (χ4n) is 6.77. The Hall–Kier alpha value is -4.37. The zero-order valence-corrected chi connectivity index (χ0v) is 20.7. The third kappa shape index (κ3) is 2.97. The molecular weight excluding hydrogens is 452 g/mol. The third-order valence-corrected chi connectivity index (χ3v) is 8.44. The molecule has 4 bridgehead atoms. The highest BCUT2D eigenvalue weighted by Crippen LogP contribution is 2.52. The summed E-state index contributed by atoms with van der Waals surface area (Å²) >= 11 is 0. The van der Waals surface area contributed by atoms with Crippen molar-refractivity contribution in [2.75, 3.05) is 11.9 Å². The molecule has 2 aliphatic rings. The van der Waals surface area contributed by atoms with Crippen molar-refractivity contribution in [2.45, 2.75) is 24.8 Å². The number of nitrogens with zero attached hydrogens (tertiary/aromatic N) is 2. The Morgan fingerprint density at radius 3 is 2.30 bits per heavy atom. The molecular formula is C34H26N2O. The van der Waals surface area contributed by atoms with Crippen LogP contribution in [0, 0.1) is 0 Å². The predicted octanol–water partition coefficient (Wildman–Crippen LogP) is 8.21. The Kier molecular flexibility index (Phi) is 4.39. The van der Waals surface area contributed by atoms with Gasteiger partial charge >= 0.3 is 0 Å². The summed E-state index contributed by atoms with van der Waals surface area (Å²) < 4.78 is 6.60. The van der Waals surface area contributed by atoms with E-state index in [1.165, 1.54) is 32.7 Å². The number of benzene rings is 5. The van der Waals surface area contributed by atoms with E-state index in [1.54, 1.807) is 5.56 Å². The first-order valence-electron chi connectivity index (χ1n) is 13.1. The Balaban J connectivity index is 1.26. The van der Waals surface area contributed by atoms with Crippen molar-refractivity contribution >= 4 is 27.6 Å². The van der Waals surface area contributed by atoms with E-state index in [9.17, 15) is 0 Å². The van der Waals surface area contributed by atoms with E-state index in [2.05, 4.69) is 103 Å². The van der Waals surface area contributed by atoms with Crippen LogP contribution < -0.4 is 4.90 Å². The van der Waals surface area contributed by atoms with Gasteiger partial charge in [0.1, 0.15) is 5.69 Å². The van der Waals surface area contributed by atoms with Crippen LogP contribution in [0.5, 0.6) is 0 Å². The van der Waals surface area contributed by atoms with Crippen molar-refractivity contribution < 1.29 is 4.42 Å². The van der Waals surface area contributed by atoms with E-state index < -0.39 is 0 Å². The van der Waals surface area contributed by atoms with E-state index in [1.807, 2.05) is 12.1 Å². The highest BCUT2D eigenvalue weighted by Gasteiger charge is 2.41. The molecule has 2 aliphatic carbocycles. The summed E-state index contributed by atoms with van der Waals surface area (Å²) in [5.74, 6) is 1.16. The maximum Gasteiger partial charge on any atom is 0.298 e. The molecule has 178 valence electrons. The van der Waals surface area contributed by atoms with Crippen LogP contribution in [0.2, 0.25) is 0 Å². The number of rotatable bonds is 4. The molecule has 0 spiro atoms. The molecule has 6 aromatic rings. The van der Waals surface area contributed by atoms with Crippen molar-refractivity contribution in [3.05, 3.63) is 120 Å². The van der Waals surface area contributed by atoms with Crippen LogP contribution >= 0.6 is 0 Å². The molecule has 1 aromatic heterocycles. The predicted molar refractivity (Wildman–Crippen MR) is 151 cm³/mol.